The number of hydrogen-bond acceptors (Lipinski definition) is 2. The summed E-state index contributed by atoms with van der Waals surface area (Å²) in [5, 5.41) is 10.1. The molecule has 1 atom stereocenters. The van der Waals surface area contributed by atoms with Crippen LogP contribution >= 0.6 is 0 Å². The molecule has 0 amide bonds. The molecule has 144 valence electrons. The van der Waals surface area contributed by atoms with E-state index in [1.807, 2.05) is 12.1 Å². The Balaban J connectivity index is 1.86. The molecule has 27 heavy (non-hydrogen) atoms. The Morgan fingerprint density at radius 3 is 1.93 bits per heavy atom. The highest BCUT2D eigenvalue weighted by atomic mass is 16.3. The van der Waals surface area contributed by atoms with Crippen LogP contribution in [-0.4, -0.2) is 22.7 Å². The van der Waals surface area contributed by atoms with E-state index in [0.29, 0.717) is 6.54 Å². The van der Waals surface area contributed by atoms with E-state index in [1.165, 1.54) is 36.8 Å². The molecule has 0 unspecified atom stereocenters. The van der Waals surface area contributed by atoms with Gasteiger partial charge in [0.2, 0.25) is 0 Å². The van der Waals surface area contributed by atoms with Crippen LogP contribution in [0.1, 0.15) is 56.6 Å². The molecular formula is C25H33NO. The maximum Gasteiger partial charge on any atom is 0.114 e. The van der Waals surface area contributed by atoms with E-state index < -0.39 is 6.10 Å². The van der Waals surface area contributed by atoms with Gasteiger partial charge in [-0.05, 0) is 24.0 Å². The van der Waals surface area contributed by atoms with E-state index in [2.05, 4.69) is 72.2 Å². The van der Waals surface area contributed by atoms with Crippen LogP contribution in [0.5, 0.6) is 0 Å². The monoisotopic (exact) mass is 363 g/mol. The Morgan fingerprint density at radius 2 is 1.37 bits per heavy atom. The summed E-state index contributed by atoms with van der Waals surface area (Å²) in [6.07, 6.45) is 6.35. The van der Waals surface area contributed by atoms with Gasteiger partial charge < -0.3 is 5.11 Å². The van der Waals surface area contributed by atoms with Gasteiger partial charge in [0.05, 0.1) is 6.54 Å². The molecule has 2 nitrogen and oxygen atoms in total. The van der Waals surface area contributed by atoms with Crippen LogP contribution in [0.15, 0.2) is 60.7 Å². The maximum absolute atomic E-state index is 10.1. The van der Waals surface area contributed by atoms with Gasteiger partial charge >= 0.3 is 0 Å². The van der Waals surface area contributed by atoms with Crippen molar-refractivity contribution in [1.29, 1.82) is 0 Å². The molecule has 2 aromatic rings. The zero-order valence-corrected chi connectivity index (χ0v) is 16.6. The van der Waals surface area contributed by atoms with Gasteiger partial charge in [-0.1, -0.05) is 105 Å². The van der Waals surface area contributed by atoms with Gasteiger partial charge in [0.1, 0.15) is 6.10 Å². The lowest BCUT2D eigenvalue weighted by molar-refractivity contribution is 0.216. The van der Waals surface area contributed by atoms with Crippen molar-refractivity contribution in [1.82, 2.24) is 4.90 Å². The van der Waals surface area contributed by atoms with Crippen LogP contribution in [0.25, 0.3) is 0 Å². The van der Waals surface area contributed by atoms with Crippen molar-refractivity contribution in [2.24, 2.45) is 0 Å². The minimum Gasteiger partial charge on any atom is -0.380 e. The van der Waals surface area contributed by atoms with Crippen molar-refractivity contribution in [2.75, 3.05) is 6.54 Å². The summed E-state index contributed by atoms with van der Waals surface area (Å²) in [6.45, 7) is 4.60. The van der Waals surface area contributed by atoms with E-state index in [-0.39, 0.29) is 0 Å². The minimum absolute atomic E-state index is 0.498. The second-order valence-electron chi connectivity index (χ2n) is 7.16. The fourth-order valence-corrected chi connectivity index (χ4v) is 3.14. The molecule has 2 aromatic carbocycles. The molecule has 0 bridgehead atoms. The number of nitrogens with zero attached hydrogens (tertiary/aromatic N) is 1. The lowest BCUT2D eigenvalue weighted by Crippen LogP contribution is -2.23. The molecule has 0 spiro atoms. The van der Waals surface area contributed by atoms with Crippen LogP contribution in [0, 0.1) is 11.8 Å². The fourth-order valence-electron chi connectivity index (χ4n) is 3.14. The molecule has 0 aliphatic rings. The van der Waals surface area contributed by atoms with E-state index in [4.69, 9.17) is 0 Å². The largest absolute Gasteiger partial charge is 0.380 e. The third-order valence-corrected chi connectivity index (χ3v) is 4.65. The lowest BCUT2D eigenvalue weighted by atomic mass is 10.1. The van der Waals surface area contributed by atoms with Crippen molar-refractivity contribution in [3.63, 3.8) is 0 Å². The predicted molar refractivity (Wildman–Crippen MR) is 114 cm³/mol. The van der Waals surface area contributed by atoms with Crippen LogP contribution in [-0.2, 0) is 13.1 Å². The van der Waals surface area contributed by atoms with E-state index in [1.54, 1.807) is 0 Å². The Morgan fingerprint density at radius 1 is 0.815 bits per heavy atom. The van der Waals surface area contributed by atoms with Gasteiger partial charge in [0.15, 0.2) is 0 Å². The molecule has 0 radical (unpaired) electrons. The first kappa shape index (κ1) is 21.2. The summed E-state index contributed by atoms with van der Waals surface area (Å²) in [7, 11) is 0. The number of aliphatic hydroxyl groups excluding tert-OH is 1. The van der Waals surface area contributed by atoms with E-state index in [0.717, 1.165) is 25.9 Å². The molecule has 0 aliphatic carbocycles. The molecule has 1 N–H and O–H groups in total. The molecule has 0 heterocycles. The van der Waals surface area contributed by atoms with Gasteiger partial charge in [0.25, 0.3) is 0 Å². The summed E-state index contributed by atoms with van der Waals surface area (Å²) in [6, 6.07) is 21.0. The molecule has 0 saturated carbocycles. The molecule has 2 heteroatoms. The first-order chi connectivity index (χ1) is 13.3. The van der Waals surface area contributed by atoms with Gasteiger partial charge in [-0.3, -0.25) is 4.90 Å². The number of unbranched alkanes of at least 4 members (excludes halogenated alkanes) is 4. The van der Waals surface area contributed by atoms with Gasteiger partial charge in [0, 0.05) is 13.1 Å². The summed E-state index contributed by atoms with van der Waals surface area (Å²) in [5.41, 5.74) is 2.57. The molecule has 0 fully saturated rings. The summed E-state index contributed by atoms with van der Waals surface area (Å²) >= 11 is 0. The number of hydrogen-bond donors (Lipinski definition) is 1. The Labute approximate surface area is 165 Å². The maximum atomic E-state index is 10.1. The van der Waals surface area contributed by atoms with Crippen molar-refractivity contribution in [2.45, 2.75) is 64.6 Å². The van der Waals surface area contributed by atoms with Gasteiger partial charge in [-0.2, -0.15) is 0 Å². The second kappa shape index (κ2) is 13.1. The average Bonchev–Trinajstić information content (AvgIpc) is 2.69. The minimum atomic E-state index is -0.498. The first-order valence-electron chi connectivity index (χ1n) is 10.2. The van der Waals surface area contributed by atoms with Crippen LogP contribution in [0.3, 0.4) is 0 Å². The quantitative estimate of drug-likeness (QED) is 0.426. The third kappa shape index (κ3) is 9.43. The van der Waals surface area contributed by atoms with Crippen LogP contribution in [0.4, 0.5) is 0 Å². The Bertz CT molecular complexity index is 630. The fraction of sp³-hybridized carbons (Fsp3) is 0.440. The predicted octanol–water partition coefficient (Wildman–Crippen LogP) is 5.41. The van der Waals surface area contributed by atoms with E-state index >= 15 is 0 Å². The summed E-state index contributed by atoms with van der Waals surface area (Å²) in [5.74, 6) is 6.24. The zero-order valence-electron chi connectivity index (χ0n) is 16.6. The van der Waals surface area contributed by atoms with Crippen LogP contribution < -0.4 is 0 Å². The molecule has 2 rings (SSSR count). The summed E-state index contributed by atoms with van der Waals surface area (Å²) < 4.78 is 0. The SMILES string of the molecule is CCCCCCC[C@@H](O)C#CCN(Cc1ccccc1)Cc1ccccc1. The highest BCUT2D eigenvalue weighted by Gasteiger charge is 2.06. The standard InChI is InChI=1S/C25H33NO/c1-2-3-4-5-12-18-25(27)19-13-20-26(21-23-14-8-6-9-15-23)22-24-16-10-7-11-17-24/h6-11,14-17,25,27H,2-5,12,18,20-22H2,1H3/t25-/m1/s1. The van der Waals surface area contributed by atoms with Crippen molar-refractivity contribution in [3.05, 3.63) is 71.8 Å². The average molecular weight is 364 g/mol. The normalized spacial score (nSPS) is 11.8. The molecule has 0 aromatic heterocycles. The van der Waals surface area contributed by atoms with Crippen molar-refractivity contribution in [3.8, 4) is 11.8 Å². The highest BCUT2D eigenvalue weighted by Crippen LogP contribution is 2.10. The van der Waals surface area contributed by atoms with Gasteiger partial charge in [-0.25, -0.2) is 0 Å². The first-order valence-corrected chi connectivity index (χ1v) is 10.2. The number of benzene rings is 2. The molecule has 0 aliphatic heterocycles. The van der Waals surface area contributed by atoms with Crippen molar-refractivity contribution >= 4 is 0 Å². The third-order valence-electron chi connectivity index (χ3n) is 4.65. The molecular weight excluding hydrogens is 330 g/mol. The smallest absolute Gasteiger partial charge is 0.114 e. The van der Waals surface area contributed by atoms with E-state index in [9.17, 15) is 5.11 Å². The Kier molecular flexibility index (Phi) is 10.3. The topological polar surface area (TPSA) is 23.5 Å². The number of aliphatic hydroxyl groups is 1. The molecule has 0 saturated heterocycles. The van der Waals surface area contributed by atoms with Crippen LogP contribution in [0.2, 0.25) is 0 Å². The summed E-state index contributed by atoms with van der Waals surface area (Å²) in [4.78, 5) is 2.33. The van der Waals surface area contributed by atoms with Crippen molar-refractivity contribution < 1.29 is 5.11 Å². The second-order valence-corrected chi connectivity index (χ2v) is 7.16. The highest BCUT2D eigenvalue weighted by molar-refractivity contribution is 5.18. The number of rotatable bonds is 11. The van der Waals surface area contributed by atoms with Gasteiger partial charge in [-0.15, -0.1) is 0 Å². The lowest BCUT2D eigenvalue weighted by Gasteiger charge is -2.20. The zero-order chi connectivity index (χ0) is 19.2. The Hall–Kier alpha value is -2.08.